The quantitative estimate of drug-likeness (QED) is 0.476. The van der Waals surface area contributed by atoms with Crippen molar-refractivity contribution in [3.8, 4) is 17.2 Å². The summed E-state index contributed by atoms with van der Waals surface area (Å²) in [6, 6.07) is 10.5. The fraction of sp³-hybridized carbons (Fsp3) is 0.318. The van der Waals surface area contributed by atoms with E-state index in [2.05, 4.69) is 15.3 Å². The van der Waals surface area contributed by atoms with Crippen molar-refractivity contribution in [2.24, 2.45) is 5.73 Å². The Morgan fingerprint density at radius 2 is 1.81 bits per heavy atom. The van der Waals surface area contributed by atoms with Gasteiger partial charge >= 0.3 is 0 Å². The maximum atomic E-state index is 12.0. The fourth-order valence-electron chi connectivity index (χ4n) is 2.88. The zero-order valence-corrected chi connectivity index (χ0v) is 17.9. The smallest absolute Gasteiger partial charge is 0.271 e. The molecule has 1 amide bonds. The lowest BCUT2D eigenvalue weighted by Crippen LogP contribution is -2.22. The van der Waals surface area contributed by atoms with Crippen molar-refractivity contribution in [3.63, 3.8) is 0 Å². The first-order valence-electron chi connectivity index (χ1n) is 9.66. The number of nitrogens with one attached hydrogen (secondary N) is 1. The molecule has 0 radical (unpaired) electrons. The van der Waals surface area contributed by atoms with Crippen molar-refractivity contribution in [1.82, 2.24) is 9.97 Å². The maximum absolute atomic E-state index is 12.0. The molecule has 9 heteroatoms. The summed E-state index contributed by atoms with van der Waals surface area (Å²) in [5.41, 5.74) is 6.23. The summed E-state index contributed by atoms with van der Waals surface area (Å²) >= 11 is 0. The first-order valence-corrected chi connectivity index (χ1v) is 9.66. The molecule has 31 heavy (non-hydrogen) atoms. The van der Waals surface area contributed by atoms with Gasteiger partial charge < -0.3 is 30.4 Å². The number of nitrogens with zero attached hydrogens (tertiary/aromatic N) is 2. The molecule has 0 saturated carbocycles. The largest absolute Gasteiger partial charge is 0.497 e. The minimum Gasteiger partial charge on any atom is -0.497 e. The molecule has 3 aromatic rings. The van der Waals surface area contributed by atoms with Gasteiger partial charge in [-0.15, -0.1) is 0 Å². The van der Waals surface area contributed by atoms with Gasteiger partial charge in [0.15, 0.2) is 23.0 Å². The third kappa shape index (κ3) is 5.32. The van der Waals surface area contributed by atoms with Gasteiger partial charge in [0.2, 0.25) is 0 Å². The molecular formula is C22H26N4O5. The van der Waals surface area contributed by atoms with E-state index < -0.39 is 11.5 Å². The summed E-state index contributed by atoms with van der Waals surface area (Å²) in [5, 5.41) is 13.1. The third-order valence-corrected chi connectivity index (χ3v) is 4.50. The van der Waals surface area contributed by atoms with E-state index in [4.69, 9.17) is 19.9 Å². The molecule has 3 rings (SSSR count). The summed E-state index contributed by atoms with van der Waals surface area (Å²) in [7, 11) is 3.03. The van der Waals surface area contributed by atoms with Crippen LogP contribution in [0.25, 0.3) is 11.0 Å². The summed E-state index contributed by atoms with van der Waals surface area (Å²) in [6.45, 7) is 3.63. The van der Waals surface area contributed by atoms with Crippen molar-refractivity contribution < 1.29 is 24.1 Å². The average molecular weight is 426 g/mol. The molecule has 0 atom stereocenters. The van der Waals surface area contributed by atoms with Crippen LogP contribution in [-0.4, -0.2) is 47.4 Å². The normalized spacial score (nSPS) is 11.3. The van der Waals surface area contributed by atoms with E-state index in [1.165, 1.54) is 14.2 Å². The first kappa shape index (κ1) is 22.1. The van der Waals surface area contributed by atoms with Gasteiger partial charge in [-0.2, -0.15) is 0 Å². The van der Waals surface area contributed by atoms with Crippen LogP contribution in [0.15, 0.2) is 36.4 Å². The number of carbonyl (C=O) groups excluding carboxylic acids is 1. The Labute approximate surface area is 180 Å². The average Bonchev–Trinajstić information content (AvgIpc) is 2.72. The fourth-order valence-corrected chi connectivity index (χ4v) is 2.88. The molecular weight excluding hydrogens is 400 g/mol. The van der Waals surface area contributed by atoms with Crippen LogP contribution in [0.3, 0.4) is 0 Å². The number of ether oxygens (including phenoxy) is 3. The highest BCUT2D eigenvalue weighted by atomic mass is 16.5. The Hall–Kier alpha value is -3.59. The second-order valence-electron chi connectivity index (χ2n) is 7.52. The minimum atomic E-state index is -0.893. The van der Waals surface area contributed by atoms with Crippen LogP contribution in [0.4, 0.5) is 11.5 Å². The highest BCUT2D eigenvalue weighted by Crippen LogP contribution is 2.41. The molecule has 0 saturated heterocycles. The maximum Gasteiger partial charge on any atom is 0.271 e. The number of nitrogens with two attached hydrogens (primary N) is 1. The summed E-state index contributed by atoms with van der Waals surface area (Å²) < 4.78 is 16.7. The standard InChI is InChI=1S/C22H26N4O5/c1-22(2,28)9-10-31-19-16(11-13(29-3)12-17(19)30-4)26-21-18(20(23)27)24-14-7-5-6-8-15(14)25-21/h5-8,11-12,28H,9-10H2,1-4H3,(H2,23,27)(H,25,26). The zero-order chi connectivity index (χ0) is 22.6. The van der Waals surface area contributed by atoms with Gasteiger partial charge in [0.1, 0.15) is 5.75 Å². The monoisotopic (exact) mass is 426 g/mol. The lowest BCUT2D eigenvalue weighted by atomic mass is 10.1. The van der Waals surface area contributed by atoms with E-state index in [-0.39, 0.29) is 18.1 Å². The van der Waals surface area contributed by atoms with E-state index in [1.54, 1.807) is 44.2 Å². The Morgan fingerprint density at radius 3 is 2.39 bits per heavy atom. The van der Waals surface area contributed by atoms with Crippen molar-refractivity contribution in [1.29, 1.82) is 0 Å². The first-order chi connectivity index (χ1) is 14.7. The molecule has 9 nitrogen and oxygen atoms in total. The number of benzene rings is 2. The minimum absolute atomic E-state index is 0.0112. The van der Waals surface area contributed by atoms with Crippen molar-refractivity contribution in [3.05, 3.63) is 42.1 Å². The predicted molar refractivity (Wildman–Crippen MR) is 117 cm³/mol. The van der Waals surface area contributed by atoms with Crippen LogP contribution in [-0.2, 0) is 0 Å². The van der Waals surface area contributed by atoms with Crippen molar-refractivity contribution in [2.45, 2.75) is 25.9 Å². The number of carbonyl (C=O) groups is 1. The lowest BCUT2D eigenvalue weighted by Gasteiger charge is -2.21. The van der Waals surface area contributed by atoms with E-state index in [0.29, 0.717) is 40.4 Å². The Kier molecular flexibility index (Phi) is 6.45. The number of hydrogen-bond acceptors (Lipinski definition) is 8. The summed E-state index contributed by atoms with van der Waals surface area (Å²) in [4.78, 5) is 20.9. The number of hydrogen-bond donors (Lipinski definition) is 3. The highest BCUT2D eigenvalue weighted by Gasteiger charge is 2.20. The highest BCUT2D eigenvalue weighted by molar-refractivity contribution is 5.98. The molecule has 4 N–H and O–H groups in total. The number of para-hydroxylation sites is 2. The van der Waals surface area contributed by atoms with Crippen molar-refractivity contribution in [2.75, 3.05) is 26.1 Å². The molecule has 2 aromatic carbocycles. The Balaban J connectivity index is 2.07. The van der Waals surface area contributed by atoms with Gasteiger partial charge in [0, 0.05) is 18.6 Å². The topological polar surface area (TPSA) is 129 Å². The number of anilines is 2. The van der Waals surface area contributed by atoms with Crippen LogP contribution in [0.1, 0.15) is 30.8 Å². The second kappa shape index (κ2) is 9.05. The molecule has 164 valence electrons. The van der Waals surface area contributed by atoms with Gasteiger partial charge in [-0.25, -0.2) is 9.97 Å². The van der Waals surface area contributed by atoms with Gasteiger partial charge in [-0.3, -0.25) is 4.79 Å². The van der Waals surface area contributed by atoms with Gasteiger partial charge in [0.25, 0.3) is 5.91 Å². The molecule has 0 aliphatic heterocycles. The molecule has 0 aliphatic carbocycles. The SMILES string of the molecule is COc1cc(Nc2nc3ccccc3nc2C(N)=O)c(OCCC(C)(C)O)c(OC)c1. The van der Waals surface area contributed by atoms with Crippen LogP contribution < -0.4 is 25.3 Å². The van der Waals surface area contributed by atoms with Crippen LogP contribution in [0.5, 0.6) is 17.2 Å². The number of methoxy groups -OCH3 is 2. The second-order valence-corrected chi connectivity index (χ2v) is 7.52. The molecule has 0 unspecified atom stereocenters. The molecule has 0 aliphatic rings. The zero-order valence-electron chi connectivity index (χ0n) is 17.9. The molecule has 1 aromatic heterocycles. The number of primary amides is 1. The number of fused-ring (bicyclic) bond motifs is 1. The molecule has 0 spiro atoms. The number of aromatic nitrogens is 2. The molecule has 1 heterocycles. The summed E-state index contributed by atoms with van der Waals surface area (Å²) in [5.74, 6) is 0.738. The predicted octanol–water partition coefficient (Wildman–Crippen LogP) is 3.03. The van der Waals surface area contributed by atoms with Crippen LogP contribution >= 0.6 is 0 Å². The number of amides is 1. The van der Waals surface area contributed by atoms with E-state index >= 15 is 0 Å². The Morgan fingerprint density at radius 1 is 1.13 bits per heavy atom. The van der Waals surface area contributed by atoms with Crippen LogP contribution in [0, 0.1) is 0 Å². The van der Waals surface area contributed by atoms with Crippen molar-refractivity contribution >= 4 is 28.4 Å². The summed E-state index contributed by atoms with van der Waals surface area (Å²) in [6.07, 6.45) is 0.393. The lowest BCUT2D eigenvalue weighted by molar-refractivity contribution is 0.0550. The Bertz CT molecular complexity index is 1100. The van der Waals surface area contributed by atoms with Gasteiger partial charge in [-0.05, 0) is 26.0 Å². The van der Waals surface area contributed by atoms with E-state index in [0.717, 1.165) is 0 Å². The molecule has 0 fully saturated rings. The number of aliphatic hydroxyl groups is 1. The van der Waals surface area contributed by atoms with E-state index in [1.807, 2.05) is 6.07 Å². The number of rotatable bonds is 9. The molecule has 0 bridgehead atoms. The van der Waals surface area contributed by atoms with E-state index in [9.17, 15) is 9.90 Å². The van der Waals surface area contributed by atoms with Gasteiger partial charge in [0.05, 0.1) is 43.1 Å². The van der Waals surface area contributed by atoms with Gasteiger partial charge in [-0.1, -0.05) is 12.1 Å². The third-order valence-electron chi connectivity index (χ3n) is 4.50. The van der Waals surface area contributed by atoms with Crippen LogP contribution in [0.2, 0.25) is 0 Å².